The minimum atomic E-state index is -1.01. The maximum absolute atomic E-state index is 14.7. The summed E-state index contributed by atoms with van der Waals surface area (Å²) in [5.41, 5.74) is 0.273. The monoisotopic (exact) mass is 456 g/mol. The third-order valence-electron chi connectivity index (χ3n) is 7.65. The lowest BCUT2D eigenvalue weighted by molar-refractivity contribution is -0.152. The zero-order chi connectivity index (χ0) is 23.8. The van der Waals surface area contributed by atoms with Gasteiger partial charge in [0, 0.05) is 50.0 Å². The summed E-state index contributed by atoms with van der Waals surface area (Å²) in [6.07, 6.45) is 0.946. The molecule has 1 unspecified atom stereocenters. The van der Waals surface area contributed by atoms with Crippen molar-refractivity contribution in [2.75, 3.05) is 32.7 Å². The van der Waals surface area contributed by atoms with Gasteiger partial charge in [-0.15, -0.1) is 0 Å². The summed E-state index contributed by atoms with van der Waals surface area (Å²) in [6.45, 7) is 8.92. The van der Waals surface area contributed by atoms with E-state index in [0.29, 0.717) is 31.7 Å². The van der Waals surface area contributed by atoms with E-state index in [1.54, 1.807) is 0 Å². The first-order chi connectivity index (χ1) is 15.8. The van der Waals surface area contributed by atoms with Gasteiger partial charge in [0.2, 0.25) is 5.91 Å². The van der Waals surface area contributed by atoms with Crippen molar-refractivity contribution in [3.8, 4) is 0 Å². The molecule has 2 aromatic carbocycles. The number of amides is 1. The fraction of sp³-hybridized carbons (Fsp3) is 0.519. The lowest BCUT2D eigenvalue weighted by Gasteiger charge is -2.48. The smallest absolute Gasteiger partial charge is 0.227 e. The molecule has 0 saturated carbocycles. The first-order valence-corrected chi connectivity index (χ1v) is 12.0. The average molecular weight is 457 g/mol. The van der Waals surface area contributed by atoms with Gasteiger partial charge in [-0.3, -0.25) is 4.79 Å². The highest BCUT2D eigenvalue weighted by Crippen LogP contribution is 2.43. The Morgan fingerprint density at radius 2 is 1.70 bits per heavy atom. The van der Waals surface area contributed by atoms with Crippen LogP contribution in [-0.4, -0.2) is 53.5 Å². The zero-order valence-electron chi connectivity index (χ0n) is 19.7. The number of carbonyl (C=O) groups is 1. The van der Waals surface area contributed by atoms with Crippen molar-refractivity contribution in [2.24, 2.45) is 17.8 Å². The number of rotatable bonds is 5. The number of benzene rings is 2. The number of hydrogen-bond acceptors (Lipinski definition) is 3. The number of piperidine rings is 1. The Morgan fingerprint density at radius 3 is 2.30 bits per heavy atom. The topological polar surface area (TPSA) is 43.8 Å². The van der Waals surface area contributed by atoms with Crippen molar-refractivity contribution in [3.63, 3.8) is 0 Å². The lowest BCUT2D eigenvalue weighted by atomic mass is 9.70. The summed E-state index contributed by atoms with van der Waals surface area (Å²) in [7, 11) is 0. The van der Waals surface area contributed by atoms with Crippen LogP contribution in [0, 0.1) is 29.4 Å². The van der Waals surface area contributed by atoms with E-state index in [1.165, 1.54) is 12.1 Å². The molecule has 0 spiro atoms. The summed E-state index contributed by atoms with van der Waals surface area (Å²) < 4.78 is 28.2. The van der Waals surface area contributed by atoms with Crippen LogP contribution in [0.25, 0.3) is 0 Å². The number of carbonyl (C=O) groups excluding carboxylic acids is 1. The Bertz CT molecular complexity index is 971. The van der Waals surface area contributed by atoms with Gasteiger partial charge in [0.05, 0.1) is 11.5 Å². The predicted molar refractivity (Wildman–Crippen MR) is 125 cm³/mol. The summed E-state index contributed by atoms with van der Waals surface area (Å²) in [6, 6.07) is 13.3. The highest BCUT2D eigenvalue weighted by atomic mass is 19.1. The molecule has 5 atom stereocenters. The third kappa shape index (κ3) is 4.43. The second kappa shape index (κ2) is 9.51. The molecule has 0 aromatic heterocycles. The van der Waals surface area contributed by atoms with Crippen LogP contribution in [0.4, 0.5) is 8.78 Å². The molecule has 178 valence electrons. The summed E-state index contributed by atoms with van der Waals surface area (Å²) >= 11 is 0. The van der Waals surface area contributed by atoms with E-state index in [-0.39, 0.29) is 29.6 Å². The van der Waals surface area contributed by atoms with Gasteiger partial charge >= 0.3 is 0 Å². The standard InChI is InChI=1S/C27H34F2N2O2/c1-4-12-30-16-23(22-11-10-21(28)13-25(22)29)24(17-30)26(32)31-14-18(2)27(33,19(3)15-31)20-8-6-5-7-9-20/h5-11,13,18-19,23-24,33H,4,12,14-17H2,1-3H3/t18-,19+,23-,24+,27?/m1/s1. The second-order valence-corrected chi connectivity index (χ2v) is 9.88. The average Bonchev–Trinajstić information content (AvgIpc) is 3.21. The van der Waals surface area contributed by atoms with Gasteiger partial charge < -0.3 is 14.9 Å². The Labute approximate surface area is 195 Å². The largest absolute Gasteiger partial charge is 0.384 e. The van der Waals surface area contributed by atoms with Gasteiger partial charge in [-0.05, 0) is 30.2 Å². The summed E-state index contributed by atoms with van der Waals surface area (Å²) in [5, 5.41) is 11.6. The van der Waals surface area contributed by atoms with Crippen LogP contribution >= 0.6 is 0 Å². The molecule has 4 rings (SSSR count). The van der Waals surface area contributed by atoms with E-state index in [4.69, 9.17) is 0 Å². The first kappa shape index (κ1) is 23.8. The molecule has 2 aliphatic rings. The minimum Gasteiger partial charge on any atom is -0.384 e. The number of nitrogens with zero attached hydrogens (tertiary/aromatic N) is 2. The van der Waals surface area contributed by atoms with Crippen LogP contribution < -0.4 is 0 Å². The number of hydrogen-bond donors (Lipinski definition) is 1. The molecular weight excluding hydrogens is 422 g/mol. The van der Waals surface area contributed by atoms with Gasteiger partial charge in [-0.25, -0.2) is 8.78 Å². The molecule has 6 heteroatoms. The Morgan fingerprint density at radius 1 is 1.03 bits per heavy atom. The van der Waals surface area contributed by atoms with Gasteiger partial charge in [0.15, 0.2) is 0 Å². The first-order valence-electron chi connectivity index (χ1n) is 12.0. The normalized spacial score (nSPS) is 30.5. The van der Waals surface area contributed by atoms with Crippen LogP contribution in [0.3, 0.4) is 0 Å². The molecule has 2 heterocycles. The summed E-state index contributed by atoms with van der Waals surface area (Å²) in [5.74, 6) is -2.21. The van der Waals surface area contributed by atoms with E-state index in [2.05, 4.69) is 11.8 Å². The summed E-state index contributed by atoms with van der Waals surface area (Å²) in [4.78, 5) is 17.8. The van der Waals surface area contributed by atoms with Crippen molar-refractivity contribution in [2.45, 2.75) is 38.7 Å². The van der Waals surface area contributed by atoms with Gasteiger partial charge in [-0.1, -0.05) is 57.2 Å². The SMILES string of the molecule is CCCN1C[C@H](C(=O)N2C[C@@H](C)C(O)(c3ccccc3)[C@@H](C)C2)[C@@H](c2ccc(F)cc2F)C1. The highest BCUT2D eigenvalue weighted by molar-refractivity contribution is 5.81. The van der Waals surface area contributed by atoms with Crippen LogP contribution in [0.2, 0.25) is 0 Å². The van der Waals surface area contributed by atoms with Crippen molar-refractivity contribution in [1.29, 1.82) is 0 Å². The lowest BCUT2D eigenvalue weighted by Crippen LogP contribution is -2.57. The zero-order valence-corrected chi connectivity index (χ0v) is 19.7. The van der Waals surface area contributed by atoms with Crippen LogP contribution in [0.15, 0.2) is 48.5 Å². The molecule has 2 aromatic rings. The van der Waals surface area contributed by atoms with Gasteiger partial charge in [0.1, 0.15) is 11.6 Å². The quantitative estimate of drug-likeness (QED) is 0.726. The maximum atomic E-state index is 14.7. The van der Waals surface area contributed by atoms with E-state index in [0.717, 1.165) is 24.6 Å². The number of halogens is 2. The van der Waals surface area contributed by atoms with Crippen molar-refractivity contribution in [1.82, 2.24) is 9.80 Å². The third-order valence-corrected chi connectivity index (χ3v) is 7.65. The Hall–Kier alpha value is -2.31. The number of likely N-dealkylation sites (tertiary alicyclic amines) is 2. The second-order valence-electron chi connectivity index (χ2n) is 9.88. The molecule has 33 heavy (non-hydrogen) atoms. The van der Waals surface area contributed by atoms with Crippen molar-refractivity contribution >= 4 is 5.91 Å². The molecule has 2 fully saturated rings. The maximum Gasteiger partial charge on any atom is 0.227 e. The molecule has 0 radical (unpaired) electrons. The van der Waals surface area contributed by atoms with Gasteiger partial charge in [0.25, 0.3) is 0 Å². The molecule has 2 aliphatic heterocycles. The number of aliphatic hydroxyl groups is 1. The predicted octanol–water partition coefficient (Wildman–Crippen LogP) is 4.39. The molecule has 4 nitrogen and oxygen atoms in total. The molecule has 0 bridgehead atoms. The fourth-order valence-corrected chi connectivity index (χ4v) is 5.94. The van der Waals surface area contributed by atoms with E-state index in [1.807, 2.05) is 49.1 Å². The van der Waals surface area contributed by atoms with E-state index < -0.39 is 17.2 Å². The molecule has 1 N–H and O–H groups in total. The van der Waals surface area contributed by atoms with E-state index >= 15 is 0 Å². The van der Waals surface area contributed by atoms with Crippen LogP contribution in [0.1, 0.15) is 44.2 Å². The van der Waals surface area contributed by atoms with Gasteiger partial charge in [-0.2, -0.15) is 0 Å². The Kier molecular flexibility index (Phi) is 6.87. The fourth-order valence-electron chi connectivity index (χ4n) is 5.94. The molecule has 0 aliphatic carbocycles. The Balaban J connectivity index is 1.58. The molecule has 2 saturated heterocycles. The van der Waals surface area contributed by atoms with Crippen LogP contribution in [0.5, 0.6) is 0 Å². The molecule has 1 amide bonds. The highest BCUT2D eigenvalue weighted by Gasteiger charge is 2.49. The minimum absolute atomic E-state index is 0.00357. The van der Waals surface area contributed by atoms with Crippen molar-refractivity contribution < 1.29 is 18.7 Å². The van der Waals surface area contributed by atoms with Crippen molar-refractivity contribution in [3.05, 3.63) is 71.3 Å². The van der Waals surface area contributed by atoms with E-state index in [9.17, 15) is 18.7 Å². The van der Waals surface area contributed by atoms with Crippen LogP contribution in [-0.2, 0) is 10.4 Å². The molecular formula is C27H34F2N2O2.